The van der Waals surface area contributed by atoms with Crippen LogP contribution in [0.5, 0.6) is 0 Å². The monoisotopic (exact) mass is 414 g/mol. The molecule has 3 rings (SSSR count). The molecule has 0 radical (unpaired) electrons. The number of aryl methyl sites for hydroxylation is 3. The van der Waals surface area contributed by atoms with Crippen LogP contribution >= 0.6 is 0 Å². The Hall–Kier alpha value is -2.45. The minimum absolute atomic E-state index is 0.576. The second-order valence-electron chi connectivity index (χ2n) is 8.46. The van der Waals surface area contributed by atoms with Gasteiger partial charge in [0, 0.05) is 30.4 Å². The van der Waals surface area contributed by atoms with E-state index in [1.807, 2.05) is 0 Å². The van der Waals surface area contributed by atoms with Crippen molar-refractivity contribution in [1.82, 2.24) is 9.88 Å². The van der Waals surface area contributed by atoms with E-state index in [1.54, 1.807) is 0 Å². The lowest BCUT2D eigenvalue weighted by molar-refractivity contribution is 0.167. The van der Waals surface area contributed by atoms with Gasteiger partial charge in [-0.2, -0.15) is 0 Å². The molecule has 0 saturated heterocycles. The molecule has 164 valence electrons. The average molecular weight is 415 g/mol. The molecule has 0 saturated carbocycles. The number of aromatic nitrogens is 1. The topological polar surface area (TPSA) is 16.1 Å². The van der Waals surface area contributed by atoms with Gasteiger partial charge in [-0.3, -0.25) is 9.88 Å². The first kappa shape index (κ1) is 23.2. The Morgan fingerprint density at radius 1 is 0.710 bits per heavy atom. The molecular formula is C29H38N2. The fourth-order valence-corrected chi connectivity index (χ4v) is 4.62. The zero-order valence-electron chi connectivity index (χ0n) is 20.0. The molecule has 0 unspecified atom stereocenters. The summed E-state index contributed by atoms with van der Waals surface area (Å²) in [6.07, 6.45) is 4.39. The number of pyridine rings is 1. The Bertz CT molecular complexity index is 935. The van der Waals surface area contributed by atoms with E-state index < -0.39 is 0 Å². The normalized spacial score (nSPS) is 11.5. The molecule has 0 spiro atoms. The van der Waals surface area contributed by atoms with Crippen molar-refractivity contribution in [2.24, 2.45) is 0 Å². The Kier molecular flexibility index (Phi) is 8.43. The molecule has 1 aromatic heterocycles. The first-order chi connectivity index (χ1) is 15.1. The third-order valence-corrected chi connectivity index (χ3v) is 6.51. The van der Waals surface area contributed by atoms with Crippen LogP contribution in [0.4, 0.5) is 0 Å². The zero-order chi connectivity index (χ0) is 22.2. The van der Waals surface area contributed by atoms with Gasteiger partial charge in [0.25, 0.3) is 0 Å². The first-order valence-corrected chi connectivity index (χ1v) is 12.0. The van der Waals surface area contributed by atoms with Gasteiger partial charge in [-0.1, -0.05) is 82.3 Å². The Balaban J connectivity index is 1.91. The van der Waals surface area contributed by atoms with E-state index >= 15 is 0 Å². The summed E-state index contributed by atoms with van der Waals surface area (Å²) in [6, 6.07) is 22.6. The molecular weight excluding hydrogens is 376 g/mol. The Labute approximate surface area is 189 Å². The fraction of sp³-hybridized carbons (Fsp3) is 0.414. The number of nitrogens with zero attached hydrogens (tertiary/aromatic N) is 2. The van der Waals surface area contributed by atoms with Gasteiger partial charge in [-0.25, -0.2) is 0 Å². The van der Waals surface area contributed by atoms with Crippen LogP contribution in [0.25, 0.3) is 11.3 Å². The SMILES string of the molecule is CCc1cccc(CC)c1-c1ccc(CN(Cc2ccccc2)C(CC)CC)c(C)n1. The van der Waals surface area contributed by atoms with Gasteiger partial charge in [0.05, 0.1) is 5.69 Å². The van der Waals surface area contributed by atoms with Crippen LogP contribution in [0.1, 0.15) is 68.5 Å². The zero-order valence-corrected chi connectivity index (χ0v) is 20.0. The van der Waals surface area contributed by atoms with E-state index in [0.717, 1.165) is 50.2 Å². The van der Waals surface area contributed by atoms with E-state index in [2.05, 4.69) is 100 Å². The van der Waals surface area contributed by atoms with E-state index in [-0.39, 0.29) is 0 Å². The van der Waals surface area contributed by atoms with Crippen molar-refractivity contribution in [1.29, 1.82) is 0 Å². The molecule has 0 atom stereocenters. The highest BCUT2D eigenvalue weighted by Gasteiger charge is 2.18. The fourth-order valence-electron chi connectivity index (χ4n) is 4.62. The van der Waals surface area contributed by atoms with Gasteiger partial charge in [-0.15, -0.1) is 0 Å². The summed E-state index contributed by atoms with van der Waals surface area (Å²) in [5.74, 6) is 0. The van der Waals surface area contributed by atoms with Crippen LogP contribution < -0.4 is 0 Å². The van der Waals surface area contributed by atoms with Crippen molar-refractivity contribution < 1.29 is 0 Å². The average Bonchev–Trinajstić information content (AvgIpc) is 2.81. The predicted molar refractivity (Wildman–Crippen MR) is 133 cm³/mol. The first-order valence-electron chi connectivity index (χ1n) is 12.0. The molecule has 2 heteroatoms. The lowest BCUT2D eigenvalue weighted by Crippen LogP contribution is -2.33. The van der Waals surface area contributed by atoms with Crippen LogP contribution in [0.2, 0.25) is 0 Å². The van der Waals surface area contributed by atoms with E-state index in [9.17, 15) is 0 Å². The molecule has 0 aliphatic carbocycles. The van der Waals surface area contributed by atoms with Gasteiger partial charge < -0.3 is 0 Å². The number of rotatable bonds is 10. The van der Waals surface area contributed by atoms with Gasteiger partial charge in [0.2, 0.25) is 0 Å². The molecule has 2 aromatic carbocycles. The maximum atomic E-state index is 5.11. The van der Waals surface area contributed by atoms with E-state index in [4.69, 9.17) is 4.98 Å². The standard InChI is InChI=1S/C29H38N2/c1-6-24-16-13-17-25(7-2)29(24)28-19-18-26(22(5)30-28)21-31(27(8-3)9-4)20-23-14-11-10-12-15-23/h10-19,27H,6-9,20-21H2,1-5H3. The quantitative estimate of drug-likeness (QED) is 0.344. The second kappa shape index (κ2) is 11.2. The molecule has 0 amide bonds. The largest absolute Gasteiger partial charge is 0.292 e. The molecule has 1 heterocycles. The lowest BCUT2D eigenvalue weighted by Gasteiger charge is -2.31. The maximum Gasteiger partial charge on any atom is 0.0710 e. The van der Waals surface area contributed by atoms with Crippen LogP contribution in [0, 0.1) is 6.92 Å². The Morgan fingerprint density at radius 3 is 1.90 bits per heavy atom. The molecule has 0 fully saturated rings. The number of hydrogen-bond donors (Lipinski definition) is 0. The van der Waals surface area contributed by atoms with Crippen LogP contribution in [-0.4, -0.2) is 15.9 Å². The summed E-state index contributed by atoms with van der Waals surface area (Å²) in [4.78, 5) is 7.73. The minimum atomic E-state index is 0.576. The highest BCUT2D eigenvalue weighted by Crippen LogP contribution is 2.29. The third kappa shape index (κ3) is 5.62. The summed E-state index contributed by atoms with van der Waals surface area (Å²) in [5, 5.41) is 0. The van der Waals surface area contributed by atoms with Crippen LogP contribution in [0.15, 0.2) is 60.7 Å². The minimum Gasteiger partial charge on any atom is -0.292 e. The summed E-state index contributed by atoms with van der Waals surface area (Å²) < 4.78 is 0. The van der Waals surface area contributed by atoms with E-state index in [1.165, 1.54) is 27.8 Å². The predicted octanol–water partition coefficient (Wildman–Crippen LogP) is 7.37. The summed E-state index contributed by atoms with van der Waals surface area (Å²) in [6.45, 7) is 13.2. The van der Waals surface area contributed by atoms with Crippen LogP contribution in [0.3, 0.4) is 0 Å². The van der Waals surface area contributed by atoms with Gasteiger partial charge >= 0.3 is 0 Å². The maximum absolute atomic E-state index is 5.11. The van der Waals surface area contributed by atoms with Crippen LogP contribution in [-0.2, 0) is 25.9 Å². The van der Waals surface area contributed by atoms with Crippen molar-refractivity contribution in [3.8, 4) is 11.3 Å². The number of hydrogen-bond acceptors (Lipinski definition) is 2. The lowest BCUT2D eigenvalue weighted by atomic mass is 9.94. The second-order valence-corrected chi connectivity index (χ2v) is 8.46. The molecule has 0 aliphatic heterocycles. The molecule has 3 aromatic rings. The smallest absolute Gasteiger partial charge is 0.0710 e. The van der Waals surface area contributed by atoms with Crippen molar-refractivity contribution >= 4 is 0 Å². The molecule has 0 bridgehead atoms. The molecule has 0 aliphatic rings. The number of benzene rings is 2. The van der Waals surface area contributed by atoms with Crippen molar-refractivity contribution in [2.75, 3.05) is 0 Å². The highest BCUT2D eigenvalue weighted by molar-refractivity contribution is 5.68. The summed E-state index contributed by atoms with van der Waals surface area (Å²) in [7, 11) is 0. The van der Waals surface area contributed by atoms with E-state index in [0.29, 0.717) is 6.04 Å². The molecule has 2 nitrogen and oxygen atoms in total. The van der Waals surface area contributed by atoms with Gasteiger partial charge in [-0.05, 0) is 60.9 Å². The van der Waals surface area contributed by atoms with Crippen molar-refractivity contribution in [2.45, 2.75) is 79.4 Å². The summed E-state index contributed by atoms with van der Waals surface area (Å²) in [5.41, 5.74) is 9.09. The molecule has 0 N–H and O–H groups in total. The highest BCUT2D eigenvalue weighted by atomic mass is 15.1. The molecule has 31 heavy (non-hydrogen) atoms. The third-order valence-electron chi connectivity index (χ3n) is 6.51. The van der Waals surface area contributed by atoms with Crippen molar-refractivity contribution in [3.63, 3.8) is 0 Å². The van der Waals surface area contributed by atoms with Gasteiger partial charge in [0.1, 0.15) is 0 Å². The van der Waals surface area contributed by atoms with Gasteiger partial charge in [0.15, 0.2) is 0 Å². The summed E-state index contributed by atoms with van der Waals surface area (Å²) >= 11 is 0. The Morgan fingerprint density at radius 2 is 1.35 bits per heavy atom. The van der Waals surface area contributed by atoms with Crippen molar-refractivity contribution in [3.05, 3.63) is 88.6 Å².